The molecule has 4 rings (SSSR count). The number of aliphatic imine (C=N–C) groups is 1. The number of aromatic nitrogens is 2. The highest BCUT2D eigenvalue weighted by Crippen LogP contribution is 2.50. The van der Waals surface area contributed by atoms with Crippen molar-refractivity contribution in [3.05, 3.63) is 33.3 Å². The van der Waals surface area contributed by atoms with Gasteiger partial charge >= 0.3 is 0 Å². The number of nitrogens with one attached hydrogen (secondary N) is 1. The number of thioether (sulfide) groups is 1. The fourth-order valence-electron chi connectivity index (χ4n) is 2.60. The summed E-state index contributed by atoms with van der Waals surface area (Å²) in [7, 11) is -1.09. The molecule has 0 amide bonds. The van der Waals surface area contributed by atoms with E-state index in [0.29, 0.717) is 11.2 Å². The van der Waals surface area contributed by atoms with Crippen LogP contribution in [-0.4, -0.2) is 32.4 Å². The Hall–Kier alpha value is -1.14. The predicted molar refractivity (Wildman–Crippen MR) is 83.8 cm³/mol. The Morgan fingerprint density at radius 3 is 3.00 bits per heavy atom. The summed E-state index contributed by atoms with van der Waals surface area (Å²) >= 11 is 1.78. The van der Waals surface area contributed by atoms with Gasteiger partial charge in [0, 0.05) is 35.7 Å². The Kier molecular flexibility index (Phi) is 2.96. The third-order valence-electron chi connectivity index (χ3n) is 3.74. The Bertz CT molecular complexity index is 669. The Labute approximate surface area is 124 Å². The predicted octanol–water partition coefficient (Wildman–Crippen LogP) is 2.71. The summed E-state index contributed by atoms with van der Waals surface area (Å²) in [5.41, 5.74) is 3.18. The van der Waals surface area contributed by atoms with E-state index in [0.717, 1.165) is 27.0 Å². The van der Waals surface area contributed by atoms with E-state index in [9.17, 15) is 4.21 Å². The van der Waals surface area contributed by atoms with Gasteiger partial charge in [0.05, 0.1) is 25.6 Å². The summed E-state index contributed by atoms with van der Waals surface area (Å²) in [6.07, 6.45) is 6.11. The van der Waals surface area contributed by atoms with E-state index in [1.807, 2.05) is 12.3 Å². The first-order chi connectivity index (χ1) is 9.75. The quantitative estimate of drug-likeness (QED) is 0.934. The summed E-state index contributed by atoms with van der Waals surface area (Å²) in [5.74, 6) is 0.314. The van der Waals surface area contributed by atoms with E-state index in [-0.39, 0.29) is 0 Å². The second kappa shape index (κ2) is 4.70. The molecule has 1 unspecified atom stereocenters. The van der Waals surface area contributed by atoms with Crippen LogP contribution in [-0.2, 0) is 10.8 Å². The largest absolute Gasteiger partial charge is 0.292 e. The number of rotatable bonds is 3. The van der Waals surface area contributed by atoms with Crippen LogP contribution in [0.15, 0.2) is 32.6 Å². The maximum absolute atomic E-state index is 12.9. The third-order valence-corrected chi connectivity index (χ3v) is 7.09. The van der Waals surface area contributed by atoms with Crippen LogP contribution >= 0.6 is 11.8 Å². The molecule has 6 heteroatoms. The average molecular weight is 305 g/mol. The van der Waals surface area contributed by atoms with Crippen molar-refractivity contribution in [3.8, 4) is 0 Å². The van der Waals surface area contributed by atoms with Gasteiger partial charge in [-0.25, -0.2) is 4.21 Å². The van der Waals surface area contributed by atoms with Crippen LogP contribution in [0.3, 0.4) is 0 Å². The van der Waals surface area contributed by atoms with E-state index in [1.54, 1.807) is 18.0 Å². The molecule has 0 radical (unpaired) electrons. The zero-order valence-corrected chi connectivity index (χ0v) is 12.8. The molecule has 1 saturated carbocycles. The Morgan fingerprint density at radius 2 is 2.30 bits per heavy atom. The SMILES string of the molecule is C[C@@H]1CN=CC2=C(SC3CC3)S(=O)C(c3ccn[nH]3)=C21. The van der Waals surface area contributed by atoms with E-state index < -0.39 is 10.8 Å². The van der Waals surface area contributed by atoms with Crippen molar-refractivity contribution in [2.24, 2.45) is 10.9 Å². The molecule has 1 aromatic rings. The van der Waals surface area contributed by atoms with E-state index in [1.165, 1.54) is 18.4 Å². The van der Waals surface area contributed by atoms with Crippen LogP contribution in [0, 0.1) is 5.92 Å². The minimum Gasteiger partial charge on any atom is -0.292 e. The van der Waals surface area contributed by atoms with Gasteiger partial charge in [-0.15, -0.1) is 11.8 Å². The van der Waals surface area contributed by atoms with Crippen LogP contribution in [0.1, 0.15) is 25.5 Å². The monoisotopic (exact) mass is 305 g/mol. The highest BCUT2D eigenvalue weighted by Gasteiger charge is 2.38. The number of nitrogens with zero attached hydrogens (tertiary/aromatic N) is 2. The normalized spacial score (nSPS) is 29.2. The molecule has 0 aromatic carbocycles. The summed E-state index contributed by atoms with van der Waals surface area (Å²) < 4.78 is 13.9. The van der Waals surface area contributed by atoms with Gasteiger partial charge in [0.1, 0.15) is 0 Å². The maximum atomic E-state index is 12.9. The molecular formula is C14H15N3OS2. The molecule has 1 aromatic heterocycles. The Balaban J connectivity index is 1.85. The molecule has 2 aliphatic heterocycles. The van der Waals surface area contributed by atoms with Gasteiger partial charge in [0.15, 0.2) is 0 Å². The van der Waals surface area contributed by atoms with E-state index in [2.05, 4.69) is 22.1 Å². The summed E-state index contributed by atoms with van der Waals surface area (Å²) in [4.78, 5) is 5.35. The molecule has 104 valence electrons. The van der Waals surface area contributed by atoms with Crippen molar-refractivity contribution < 1.29 is 4.21 Å². The second-order valence-electron chi connectivity index (χ2n) is 5.40. The molecule has 3 heterocycles. The lowest BCUT2D eigenvalue weighted by Crippen LogP contribution is -2.12. The average Bonchev–Trinajstić information content (AvgIpc) is 3.01. The van der Waals surface area contributed by atoms with Crippen LogP contribution in [0.25, 0.3) is 4.91 Å². The topological polar surface area (TPSA) is 58.1 Å². The Morgan fingerprint density at radius 1 is 1.45 bits per heavy atom. The highest BCUT2D eigenvalue weighted by atomic mass is 32.2. The van der Waals surface area contributed by atoms with Crippen molar-refractivity contribution in [1.29, 1.82) is 0 Å². The lowest BCUT2D eigenvalue weighted by atomic mass is 9.92. The highest BCUT2D eigenvalue weighted by molar-refractivity contribution is 8.20. The van der Waals surface area contributed by atoms with Gasteiger partial charge in [-0.2, -0.15) is 5.10 Å². The molecule has 0 spiro atoms. The zero-order valence-electron chi connectivity index (χ0n) is 11.1. The van der Waals surface area contributed by atoms with Crippen LogP contribution < -0.4 is 0 Å². The molecule has 0 saturated heterocycles. The third kappa shape index (κ3) is 1.93. The maximum Gasteiger partial charge on any atom is 0.0946 e. The van der Waals surface area contributed by atoms with Gasteiger partial charge in [-0.3, -0.25) is 10.1 Å². The van der Waals surface area contributed by atoms with E-state index in [4.69, 9.17) is 0 Å². The zero-order chi connectivity index (χ0) is 13.7. The van der Waals surface area contributed by atoms with Crippen molar-refractivity contribution in [3.63, 3.8) is 0 Å². The van der Waals surface area contributed by atoms with Crippen molar-refractivity contribution in [1.82, 2.24) is 10.2 Å². The lowest BCUT2D eigenvalue weighted by molar-refractivity contribution is 0.692. The number of hydrogen-bond acceptors (Lipinski definition) is 4. The summed E-state index contributed by atoms with van der Waals surface area (Å²) in [6, 6.07) is 1.90. The molecule has 20 heavy (non-hydrogen) atoms. The summed E-state index contributed by atoms with van der Waals surface area (Å²) in [5, 5.41) is 7.63. The van der Waals surface area contributed by atoms with Crippen molar-refractivity contribution >= 4 is 33.7 Å². The number of hydrogen-bond donors (Lipinski definition) is 1. The van der Waals surface area contributed by atoms with Gasteiger partial charge in [0.2, 0.25) is 0 Å². The lowest BCUT2D eigenvalue weighted by Gasteiger charge is -2.18. The molecule has 4 nitrogen and oxygen atoms in total. The fraction of sp³-hybridized carbons (Fsp3) is 0.429. The van der Waals surface area contributed by atoms with Crippen molar-refractivity contribution in [2.75, 3.05) is 6.54 Å². The number of aromatic amines is 1. The van der Waals surface area contributed by atoms with Gasteiger partial charge in [-0.1, -0.05) is 6.92 Å². The van der Waals surface area contributed by atoms with Gasteiger partial charge in [0.25, 0.3) is 0 Å². The molecule has 3 aliphatic rings. The molecule has 1 aliphatic carbocycles. The smallest absolute Gasteiger partial charge is 0.0946 e. The van der Waals surface area contributed by atoms with Crippen LogP contribution in [0.5, 0.6) is 0 Å². The minimum absolute atomic E-state index is 0.314. The van der Waals surface area contributed by atoms with Crippen LogP contribution in [0.2, 0.25) is 0 Å². The second-order valence-corrected chi connectivity index (χ2v) is 8.32. The first-order valence-corrected chi connectivity index (χ1v) is 8.85. The van der Waals surface area contributed by atoms with Crippen LogP contribution in [0.4, 0.5) is 0 Å². The standard InChI is InChI=1S/C14H15N3OS2/c1-8-6-15-7-10-12(8)13(11-4-5-16-17-11)20(18)14(10)19-9-2-3-9/h4-5,7-9H,2-3,6H2,1H3,(H,16,17)/t8-,20?/m1/s1. The van der Waals surface area contributed by atoms with E-state index >= 15 is 0 Å². The fourth-order valence-corrected chi connectivity index (χ4v) is 5.95. The minimum atomic E-state index is -1.09. The molecule has 1 fully saturated rings. The van der Waals surface area contributed by atoms with Gasteiger partial charge < -0.3 is 0 Å². The molecule has 2 atom stereocenters. The number of allylic oxidation sites excluding steroid dienone is 1. The number of H-pyrrole nitrogens is 1. The molecule has 1 N–H and O–H groups in total. The first-order valence-electron chi connectivity index (χ1n) is 6.82. The number of fused-ring (bicyclic) bond motifs is 1. The summed E-state index contributed by atoms with van der Waals surface area (Å²) in [6.45, 7) is 2.93. The molecular weight excluding hydrogens is 290 g/mol. The van der Waals surface area contributed by atoms with Gasteiger partial charge in [-0.05, 0) is 24.5 Å². The molecule has 0 bridgehead atoms. The van der Waals surface area contributed by atoms with Crippen molar-refractivity contribution in [2.45, 2.75) is 25.0 Å². The first kappa shape index (κ1) is 12.6.